The van der Waals surface area contributed by atoms with E-state index < -0.39 is 0 Å². The minimum atomic E-state index is -0.113. The summed E-state index contributed by atoms with van der Waals surface area (Å²) < 4.78 is 1.80. The summed E-state index contributed by atoms with van der Waals surface area (Å²) in [6, 6.07) is 16.0. The van der Waals surface area contributed by atoms with Gasteiger partial charge in [0.15, 0.2) is 0 Å². The summed E-state index contributed by atoms with van der Waals surface area (Å²) in [5.74, 6) is -0.113. The summed E-state index contributed by atoms with van der Waals surface area (Å²) in [7, 11) is 1.71. The van der Waals surface area contributed by atoms with Crippen LogP contribution in [-0.2, 0) is 6.54 Å². The number of hydrogen-bond acceptors (Lipinski definition) is 4. The highest BCUT2D eigenvalue weighted by Gasteiger charge is 2.21. The van der Waals surface area contributed by atoms with Crippen LogP contribution >= 0.6 is 11.3 Å². The molecule has 126 valence electrons. The second-order valence-electron chi connectivity index (χ2n) is 5.69. The number of carbonyl (C=O) groups is 1. The fraction of sp³-hybridized carbons (Fsp3) is 0.211. The van der Waals surface area contributed by atoms with Gasteiger partial charge in [-0.1, -0.05) is 36.4 Å². The monoisotopic (exact) mass is 350 g/mol. The van der Waals surface area contributed by atoms with Crippen molar-refractivity contribution < 1.29 is 4.79 Å². The first-order valence-electron chi connectivity index (χ1n) is 7.96. The average molecular weight is 350 g/mol. The van der Waals surface area contributed by atoms with E-state index in [1.54, 1.807) is 34.2 Å². The smallest absolute Gasteiger partial charge is 0.257 e. The topological polar surface area (TPSA) is 61.9 Å². The molecule has 0 radical (unpaired) electrons. The quantitative estimate of drug-likeness (QED) is 0.682. The highest BCUT2D eigenvalue weighted by atomic mass is 32.1. The molecule has 0 unspecified atom stereocenters. The van der Waals surface area contributed by atoms with Gasteiger partial charge >= 0.3 is 0 Å². The van der Waals surface area contributed by atoms with Crippen LogP contribution in [0.1, 0.15) is 22.3 Å². The molecule has 0 aliphatic rings. The van der Waals surface area contributed by atoms with E-state index in [0.717, 1.165) is 10.4 Å². The molecule has 0 bridgehead atoms. The molecule has 0 aliphatic carbocycles. The fourth-order valence-electron chi connectivity index (χ4n) is 2.55. The van der Waals surface area contributed by atoms with Crippen molar-refractivity contribution in [1.29, 1.82) is 5.26 Å². The second kappa shape index (κ2) is 7.77. The third-order valence-corrected chi connectivity index (χ3v) is 4.72. The molecule has 3 rings (SSSR count). The van der Waals surface area contributed by atoms with Crippen molar-refractivity contribution >= 4 is 17.2 Å². The number of carbonyl (C=O) groups excluding carboxylic acids is 1. The van der Waals surface area contributed by atoms with E-state index in [9.17, 15) is 4.79 Å². The highest BCUT2D eigenvalue weighted by Crippen LogP contribution is 2.27. The maximum Gasteiger partial charge on any atom is 0.257 e. The fourth-order valence-corrected chi connectivity index (χ4v) is 3.27. The van der Waals surface area contributed by atoms with Crippen LogP contribution in [0.4, 0.5) is 0 Å². The van der Waals surface area contributed by atoms with Gasteiger partial charge in [0.2, 0.25) is 0 Å². The molecule has 3 aromatic rings. The summed E-state index contributed by atoms with van der Waals surface area (Å²) in [5.41, 5.74) is 2.39. The first-order chi connectivity index (χ1) is 12.2. The lowest BCUT2D eigenvalue weighted by Crippen LogP contribution is -2.27. The van der Waals surface area contributed by atoms with E-state index in [4.69, 9.17) is 5.26 Å². The SMILES string of the molecule is CN(CCC#N)C(=O)c1cn(Cc2ccccc2)nc1-c1cccs1. The van der Waals surface area contributed by atoms with E-state index in [0.29, 0.717) is 30.8 Å². The van der Waals surface area contributed by atoms with Gasteiger partial charge in [-0.25, -0.2) is 0 Å². The van der Waals surface area contributed by atoms with Crippen LogP contribution in [0, 0.1) is 11.3 Å². The molecule has 0 atom stereocenters. The molecule has 5 nitrogen and oxygen atoms in total. The summed E-state index contributed by atoms with van der Waals surface area (Å²) in [6.07, 6.45) is 2.11. The number of aromatic nitrogens is 2. The van der Waals surface area contributed by atoms with Crippen molar-refractivity contribution in [1.82, 2.24) is 14.7 Å². The Morgan fingerprint density at radius 2 is 2.08 bits per heavy atom. The van der Waals surface area contributed by atoms with Crippen LogP contribution in [0.5, 0.6) is 0 Å². The molecule has 2 heterocycles. The Hall–Kier alpha value is -2.91. The van der Waals surface area contributed by atoms with E-state index in [1.165, 1.54) is 0 Å². The minimum Gasteiger partial charge on any atom is -0.341 e. The Kier molecular flexibility index (Phi) is 5.26. The summed E-state index contributed by atoms with van der Waals surface area (Å²) in [6.45, 7) is 1.01. The number of nitrogens with zero attached hydrogens (tertiary/aromatic N) is 4. The highest BCUT2D eigenvalue weighted by molar-refractivity contribution is 7.13. The molecule has 0 saturated carbocycles. The number of rotatable bonds is 6. The number of nitriles is 1. The Morgan fingerprint density at radius 1 is 1.28 bits per heavy atom. The van der Waals surface area contributed by atoms with Crippen LogP contribution in [0.25, 0.3) is 10.6 Å². The van der Waals surface area contributed by atoms with Crippen LogP contribution in [0.15, 0.2) is 54.0 Å². The molecule has 2 aromatic heterocycles. The summed E-state index contributed by atoms with van der Waals surface area (Å²) in [4.78, 5) is 15.3. The normalized spacial score (nSPS) is 10.4. The van der Waals surface area contributed by atoms with Crippen molar-refractivity contribution in [2.45, 2.75) is 13.0 Å². The van der Waals surface area contributed by atoms with Gasteiger partial charge in [-0.15, -0.1) is 11.3 Å². The molecule has 1 aromatic carbocycles. The van der Waals surface area contributed by atoms with Crippen molar-refractivity contribution in [3.05, 3.63) is 65.2 Å². The first kappa shape index (κ1) is 16.9. The van der Waals surface area contributed by atoms with Gasteiger partial charge in [0, 0.05) is 19.8 Å². The zero-order valence-corrected chi connectivity index (χ0v) is 14.7. The van der Waals surface area contributed by atoms with E-state index >= 15 is 0 Å². The molecule has 6 heteroatoms. The molecule has 1 amide bonds. The molecule has 0 aliphatic heterocycles. The molecule has 25 heavy (non-hydrogen) atoms. The number of hydrogen-bond donors (Lipinski definition) is 0. The Bertz CT molecular complexity index is 878. The van der Waals surface area contributed by atoms with E-state index in [2.05, 4.69) is 11.2 Å². The van der Waals surface area contributed by atoms with Crippen LogP contribution in [-0.4, -0.2) is 34.2 Å². The first-order valence-corrected chi connectivity index (χ1v) is 8.84. The molecule has 0 N–H and O–H groups in total. The predicted molar refractivity (Wildman–Crippen MR) is 98.3 cm³/mol. The molecule has 0 saturated heterocycles. The standard InChI is InChI=1S/C19H18N4OS/c1-22(11-6-10-20)19(24)16-14-23(13-15-7-3-2-4-8-15)21-18(16)17-9-5-12-25-17/h2-5,7-9,12,14H,6,11,13H2,1H3. The Morgan fingerprint density at radius 3 is 2.76 bits per heavy atom. The predicted octanol–water partition coefficient (Wildman–Crippen LogP) is 3.65. The number of thiophene rings is 1. The lowest BCUT2D eigenvalue weighted by Gasteiger charge is -2.14. The zero-order chi connectivity index (χ0) is 17.6. The van der Waals surface area contributed by atoms with Crippen molar-refractivity contribution in [2.75, 3.05) is 13.6 Å². The third kappa shape index (κ3) is 3.95. The van der Waals surface area contributed by atoms with Gasteiger partial charge in [-0.05, 0) is 17.0 Å². The van der Waals surface area contributed by atoms with Gasteiger partial charge in [0.1, 0.15) is 5.69 Å². The Balaban J connectivity index is 1.92. The van der Waals surface area contributed by atoms with E-state index in [1.807, 2.05) is 47.8 Å². The van der Waals surface area contributed by atoms with Crippen LogP contribution < -0.4 is 0 Å². The largest absolute Gasteiger partial charge is 0.341 e. The Labute approximate surface area is 150 Å². The second-order valence-corrected chi connectivity index (χ2v) is 6.63. The summed E-state index contributed by atoms with van der Waals surface area (Å²) in [5, 5.41) is 15.4. The lowest BCUT2D eigenvalue weighted by atomic mass is 10.2. The van der Waals surface area contributed by atoms with Crippen molar-refractivity contribution in [3.63, 3.8) is 0 Å². The van der Waals surface area contributed by atoms with Crippen molar-refractivity contribution in [2.24, 2.45) is 0 Å². The molecular weight excluding hydrogens is 332 g/mol. The maximum absolute atomic E-state index is 12.8. The number of benzene rings is 1. The number of amides is 1. The zero-order valence-electron chi connectivity index (χ0n) is 13.9. The van der Waals surface area contributed by atoms with Crippen LogP contribution in [0.2, 0.25) is 0 Å². The third-order valence-electron chi connectivity index (χ3n) is 3.84. The van der Waals surface area contributed by atoms with E-state index in [-0.39, 0.29) is 5.91 Å². The molecule has 0 fully saturated rings. The van der Waals surface area contributed by atoms with Gasteiger partial charge in [0.25, 0.3) is 5.91 Å². The van der Waals surface area contributed by atoms with Gasteiger partial charge < -0.3 is 4.90 Å². The van der Waals surface area contributed by atoms with Crippen LogP contribution in [0.3, 0.4) is 0 Å². The summed E-state index contributed by atoms with van der Waals surface area (Å²) >= 11 is 1.56. The molecule has 0 spiro atoms. The maximum atomic E-state index is 12.8. The minimum absolute atomic E-state index is 0.113. The average Bonchev–Trinajstić information content (AvgIpc) is 3.29. The van der Waals surface area contributed by atoms with Crippen molar-refractivity contribution in [3.8, 4) is 16.6 Å². The lowest BCUT2D eigenvalue weighted by molar-refractivity contribution is 0.0798. The van der Waals surface area contributed by atoms with Gasteiger partial charge in [0.05, 0.1) is 29.5 Å². The van der Waals surface area contributed by atoms with Gasteiger partial charge in [-0.3, -0.25) is 9.48 Å². The van der Waals surface area contributed by atoms with Gasteiger partial charge in [-0.2, -0.15) is 10.4 Å². The molecular formula is C19H18N4OS.